The molecule has 1 fully saturated rings. The van der Waals surface area contributed by atoms with E-state index in [1.165, 1.54) is 5.71 Å². The van der Waals surface area contributed by atoms with Crippen LogP contribution in [-0.2, 0) is 0 Å². The Labute approximate surface area is 124 Å². The van der Waals surface area contributed by atoms with Gasteiger partial charge in [-0.25, -0.2) is 0 Å². The summed E-state index contributed by atoms with van der Waals surface area (Å²) in [5.74, 6) is 2.34. The smallest absolute Gasteiger partial charge is 0.203 e. The number of hydrazone groups is 1. The molecule has 0 saturated carbocycles. The first-order chi connectivity index (χ1) is 10.3. The maximum Gasteiger partial charge on any atom is 0.203 e. The summed E-state index contributed by atoms with van der Waals surface area (Å²) < 4.78 is 16.2. The van der Waals surface area contributed by atoms with Gasteiger partial charge in [0, 0.05) is 31.1 Å². The zero-order valence-electron chi connectivity index (χ0n) is 12.6. The molecule has 0 aliphatic carbocycles. The molecule has 0 aromatic heterocycles. The predicted octanol–water partition coefficient (Wildman–Crippen LogP) is 1.32. The average Bonchev–Trinajstić information content (AvgIpc) is 2.97. The Balaban J connectivity index is 1.95. The molecule has 114 valence electrons. The quantitative estimate of drug-likeness (QED) is 0.876. The van der Waals surface area contributed by atoms with Gasteiger partial charge in [0.25, 0.3) is 0 Å². The van der Waals surface area contributed by atoms with Gasteiger partial charge in [-0.2, -0.15) is 5.10 Å². The molecule has 1 saturated heterocycles. The summed E-state index contributed by atoms with van der Waals surface area (Å²) in [7, 11) is 4.88. The number of benzene rings is 1. The van der Waals surface area contributed by atoms with Crippen molar-refractivity contribution in [2.24, 2.45) is 11.0 Å². The molecular formula is C15H21N3O3. The van der Waals surface area contributed by atoms with E-state index >= 15 is 0 Å². The maximum atomic E-state index is 5.43. The fraction of sp³-hybridized carbons (Fsp3) is 0.533. The molecule has 21 heavy (non-hydrogen) atoms. The van der Waals surface area contributed by atoms with Gasteiger partial charge in [-0.05, 0) is 17.7 Å². The van der Waals surface area contributed by atoms with Crippen molar-refractivity contribution < 1.29 is 14.2 Å². The molecular weight excluding hydrogens is 270 g/mol. The van der Waals surface area contributed by atoms with Crippen molar-refractivity contribution in [1.82, 2.24) is 10.7 Å². The summed E-state index contributed by atoms with van der Waals surface area (Å²) in [6.07, 6.45) is 0.999. The molecule has 2 N–H and O–H groups in total. The minimum Gasteiger partial charge on any atom is -0.493 e. The first-order valence-corrected chi connectivity index (χ1v) is 7.11. The molecule has 1 aromatic carbocycles. The molecule has 6 heteroatoms. The lowest BCUT2D eigenvalue weighted by Gasteiger charge is -2.26. The second kappa shape index (κ2) is 5.81. The van der Waals surface area contributed by atoms with Gasteiger partial charge in [0.2, 0.25) is 5.75 Å². The lowest BCUT2D eigenvalue weighted by molar-refractivity contribution is 0.322. The van der Waals surface area contributed by atoms with Crippen molar-refractivity contribution in [2.45, 2.75) is 12.5 Å². The van der Waals surface area contributed by atoms with Crippen LogP contribution in [0.5, 0.6) is 17.2 Å². The third kappa shape index (κ3) is 2.40. The zero-order valence-corrected chi connectivity index (χ0v) is 12.6. The Morgan fingerprint density at radius 2 is 1.81 bits per heavy atom. The van der Waals surface area contributed by atoms with E-state index in [0.717, 1.165) is 25.1 Å². The number of piperidine rings is 1. The predicted molar refractivity (Wildman–Crippen MR) is 80.4 cm³/mol. The molecule has 3 rings (SSSR count). The van der Waals surface area contributed by atoms with Crippen molar-refractivity contribution in [3.8, 4) is 17.2 Å². The summed E-state index contributed by atoms with van der Waals surface area (Å²) in [5, 5.41) is 7.91. The fourth-order valence-electron chi connectivity index (χ4n) is 3.06. The molecule has 2 heterocycles. The molecule has 2 aliphatic rings. The van der Waals surface area contributed by atoms with E-state index in [4.69, 9.17) is 14.2 Å². The molecule has 0 bridgehead atoms. The number of hydrogen-bond acceptors (Lipinski definition) is 6. The van der Waals surface area contributed by atoms with Gasteiger partial charge in [0.05, 0.1) is 27.4 Å². The Morgan fingerprint density at radius 1 is 1.10 bits per heavy atom. The van der Waals surface area contributed by atoms with E-state index in [1.54, 1.807) is 21.3 Å². The van der Waals surface area contributed by atoms with Crippen molar-refractivity contribution in [1.29, 1.82) is 0 Å². The number of hydrogen-bond donors (Lipinski definition) is 2. The van der Waals surface area contributed by atoms with E-state index in [1.807, 2.05) is 12.1 Å². The van der Waals surface area contributed by atoms with Crippen molar-refractivity contribution >= 4 is 5.71 Å². The van der Waals surface area contributed by atoms with Crippen LogP contribution in [0.15, 0.2) is 17.2 Å². The van der Waals surface area contributed by atoms with Crippen LogP contribution in [0.1, 0.15) is 18.0 Å². The number of ether oxygens (including phenoxy) is 3. The van der Waals surface area contributed by atoms with Crippen molar-refractivity contribution in [2.75, 3.05) is 34.4 Å². The number of nitrogens with zero attached hydrogens (tertiary/aromatic N) is 1. The Hall–Kier alpha value is -1.95. The first kappa shape index (κ1) is 14.0. The summed E-state index contributed by atoms with van der Waals surface area (Å²) in [6, 6.07) is 4.12. The van der Waals surface area contributed by atoms with E-state index in [-0.39, 0.29) is 6.04 Å². The lowest BCUT2D eigenvalue weighted by atomic mass is 9.87. The summed E-state index contributed by atoms with van der Waals surface area (Å²) >= 11 is 0. The van der Waals surface area contributed by atoms with Gasteiger partial charge >= 0.3 is 0 Å². The normalized spacial score (nSPS) is 23.9. The van der Waals surface area contributed by atoms with Crippen LogP contribution >= 0.6 is 0 Å². The molecule has 0 spiro atoms. The van der Waals surface area contributed by atoms with E-state index in [9.17, 15) is 0 Å². The summed E-state index contributed by atoms with van der Waals surface area (Å²) in [4.78, 5) is 0. The highest BCUT2D eigenvalue weighted by molar-refractivity contribution is 5.90. The Bertz CT molecular complexity index is 534. The second-order valence-corrected chi connectivity index (χ2v) is 5.23. The standard InChI is InChI=1S/C15H21N3O3/c1-19-12-6-9(7-13(20-2)15(12)21-3)14-10-8-16-5-4-11(10)17-18-14/h6-7,10,14,16,18H,4-5,8H2,1-3H3. The number of nitrogens with one attached hydrogen (secondary N) is 2. The van der Waals surface area contributed by atoms with Gasteiger partial charge in [0.1, 0.15) is 0 Å². The highest BCUT2D eigenvalue weighted by Crippen LogP contribution is 2.42. The third-order valence-electron chi connectivity index (χ3n) is 4.15. The van der Waals surface area contributed by atoms with Crippen molar-refractivity contribution in [3.05, 3.63) is 17.7 Å². The third-order valence-corrected chi connectivity index (χ3v) is 4.15. The summed E-state index contributed by atoms with van der Waals surface area (Å²) in [5.41, 5.74) is 5.59. The second-order valence-electron chi connectivity index (χ2n) is 5.23. The minimum atomic E-state index is 0.140. The zero-order chi connectivity index (χ0) is 14.8. The topological polar surface area (TPSA) is 64.1 Å². The SMILES string of the molecule is COc1cc(C2NN=C3CCNCC32)cc(OC)c1OC. The monoisotopic (exact) mass is 291 g/mol. The fourth-order valence-corrected chi connectivity index (χ4v) is 3.06. The molecule has 2 aliphatic heterocycles. The van der Waals surface area contributed by atoms with Gasteiger partial charge in [-0.1, -0.05) is 0 Å². The van der Waals surface area contributed by atoms with Gasteiger partial charge in [-0.15, -0.1) is 0 Å². The van der Waals surface area contributed by atoms with Crippen LogP contribution < -0.4 is 25.0 Å². The van der Waals surface area contributed by atoms with Crippen LogP contribution in [0.25, 0.3) is 0 Å². The average molecular weight is 291 g/mol. The maximum absolute atomic E-state index is 5.43. The van der Waals surface area contributed by atoms with Gasteiger partial charge in [0.15, 0.2) is 11.5 Å². The molecule has 6 nitrogen and oxygen atoms in total. The highest BCUT2D eigenvalue weighted by Gasteiger charge is 2.35. The van der Waals surface area contributed by atoms with Crippen LogP contribution in [0, 0.1) is 5.92 Å². The summed E-state index contributed by atoms with van der Waals surface area (Å²) in [6.45, 7) is 1.94. The number of methoxy groups -OCH3 is 3. The van der Waals surface area contributed by atoms with Crippen molar-refractivity contribution in [3.63, 3.8) is 0 Å². The van der Waals surface area contributed by atoms with E-state index < -0.39 is 0 Å². The Morgan fingerprint density at radius 3 is 2.43 bits per heavy atom. The highest BCUT2D eigenvalue weighted by atomic mass is 16.5. The molecule has 1 aromatic rings. The largest absolute Gasteiger partial charge is 0.493 e. The van der Waals surface area contributed by atoms with Crippen LogP contribution in [0.4, 0.5) is 0 Å². The number of fused-ring (bicyclic) bond motifs is 1. The van der Waals surface area contributed by atoms with Crippen LogP contribution in [-0.4, -0.2) is 40.1 Å². The molecule has 0 amide bonds. The van der Waals surface area contributed by atoms with Crippen LogP contribution in [0.3, 0.4) is 0 Å². The minimum absolute atomic E-state index is 0.140. The number of rotatable bonds is 4. The van der Waals surface area contributed by atoms with E-state index in [0.29, 0.717) is 23.2 Å². The van der Waals surface area contributed by atoms with E-state index in [2.05, 4.69) is 15.8 Å². The Kier molecular flexibility index (Phi) is 3.88. The van der Waals surface area contributed by atoms with Crippen LogP contribution in [0.2, 0.25) is 0 Å². The lowest BCUT2D eigenvalue weighted by Crippen LogP contribution is -2.38. The molecule has 0 radical (unpaired) electrons. The van der Waals surface area contributed by atoms with Gasteiger partial charge < -0.3 is 25.0 Å². The van der Waals surface area contributed by atoms with Gasteiger partial charge in [-0.3, -0.25) is 0 Å². The molecule has 2 unspecified atom stereocenters. The first-order valence-electron chi connectivity index (χ1n) is 7.11. The molecule has 2 atom stereocenters.